The minimum Gasteiger partial charge on any atom is -0.507 e. The molecule has 2 unspecified atom stereocenters. The number of benzene rings is 2. The van der Waals surface area contributed by atoms with E-state index in [1.807, 2.05) is 26.3 Å². The van der Waals surface area contributed by atoms with Crippen LogP contribution in [0.5, 0.6) is 11.5 Å². The van der Waals surface area contributed by atoms with Crippen molar-refractivity contribution in [1.29, 1.82) is 0 Å². The van der Waals surface area contributed by atoms with Crippen molar-refractivity contribution in [1.82, 2.24) is 0 Å². The topological polar surface area (TPSA) is 65.2 Å². The van der Waals surface area contributed by atoms with Gasteiger partial charge in [0.05, 0.1) is 12.1 Å². The molecular weight excluding hydrogens is 444 g/mol. The van der Waals surface area contributed by atoms with Gasteiger partial charge in [-0.2, -0.15) is 0 Å². The molecule has 0 aliphatic heterocycles. The van der Waals surface area contributed by atoms with Crippen LogP contribution in [0.4, 0.5) is 0 Å². The van der Waals surface area contributed by atoms with E-state index in [1.165, 1.54) is 11.1 Å². The summed E-state index contributed by atoms with van der Waals surface area (Å²) < 4.78 is 0. The Balaban J connectivity index is 1.78. The van der Waals surface area contributed by atoms with E-state index in [4.69, 9.17) is 9.98 Å². The van der Waals surface area contributed by atoms with Crippen LogP contribution in [-0.4, -0.2) is 34.7 Å². The van der Waals surface area contributed by atoms with E-state index in [9.17, 15) is 10.2 Å². The van der Waals surface area contributed by atoms with Crippen molar-refractivity contribution in [2.75, 3.05) is 0 Å². The predicted molar refractivity (Wildman–Crippen MR) is 153 cm³/mol. The quantitative estimate of drug-likeness (QED) is 0.334. The van der Waals surface area contributed by atoms with Crippen molar-refractivity contribution in [3.63, 3.8) is 0 Å². The third-order valence-corrected chi connectivity index (χ3v) is 7.30. The minimum absolute atomic E-state index is 0.0846. The zero-order chi connectivity index (χ0) is 26.2. The fourth-order valence-corrected chi connectivity index (χ4v) is 4.96. The molecular formula is C32H46N2O2. The molecule has 36 heavy (non-hydrogen) atoms. The van der Waals surface area contributed by atoms with Crippen LogP contribution in [0.1, 0.15) is 99.6 Å². The molecule has 2 aromatic carbocycles. The summed E-state index contributed by atoms with van der Waals surface area (Å²) in [5, 5.41) is 21.3. The van der Waals surface area contributed by atoms with E-state index < -0.39 is 0 Å². The maximum Gasteiger partial charge on any atom is 0.127 e. The summed E-state index contributed by atoms with van der Waals surface area (Å²) in [6.07, 6.45) is 12.3. The average molecular weight is 491 g/mol. The zero-order valence-electron chi connectivity index (χ0n) is 23.2. The maximum absolute atomic E-state index is 10.7. The highest BCUT2D eigenvalue weighted by atomic mass is 16.3. The molecule has 2 N–H and O–H groups in total. The van der Waals surface area contributed by atoms with Gasteiger partial charge in [0.25, 0.3) is 0 Å². The summed E-state index contributed by atoms with van der Waals surface area (Å²) in [4.78, 5) is 9.86. The molecule has 0 amide bonds. The van der Waals surface area contributed by atoms with Gasteiger partial charge in [-0.15, -0.1) is 0 Å². The van der Waals surface area contributed by atoms with Gasteiger partial charge in [0, 0.05) is 23.6 Å². The first-order chi connectivity index (χ1) is 17.1. The fourth-order valence-electron chi connectivity index (χ4n) is 4.96. The van der Waals surface area contributed by atoms with Crippen LogP contribution in [0, 0.1) is 25.7 Å². The van der Waals surface area contributed by atoms with E-state index in [-0.39, 0.29) is 12.1 Å². The molecule has 2 aromatic rings. The third kappa shape index (κ3) is 7.94. The number of phenols is 2. The number of nitrogens with zero attached hydrogens (tertiary/aromatic N) is 2. The van der Waals surface area contributed by atoms with Gasteiger partial charge in [-0.1, -0.05) is 52.7 Å². The SMILES string of the molecule is Cc1cc(CCC(C)C)cc(C=NC2CCCCC2N=Cc2cc(CCC(C)C)cc(C)c2O)c1O. The Morgan fingerprint density at radius 1 is 0.722 bits per heavy atom. The monoisotopic (exact) mass is 490 g/mol. The molecule has 0 spiro atoms. The van der Waals surface area contributed by atoms with Gasteiger partial charge >= 0.3 is 0 Å². The Morgan fingerprint density at radius 2 is 1.11 bits per heavy atom. The molecule has 0 aromatic heterocycles. The molecule has 4 nitrogen and oxygen atoms in total. The van der Waals surface area contributed by atoms with Crippen molar-refractivity contribution in [3.8, 4) is 11.5 Å². The Labute approximate surface area is 218 Å². The Bertz CT molecular complexity index is 983. The number of aromatic hydroxyl groups is 2. The molecule has 1 aliphatic carbocycles. The molecule has 0 saturated heterocycles. The van der Waals surface area contributed by atoms with Crippen molar-refractivity contribution in [3.05, 3.63) is 57.6 Å². The number of aryl methyl sites for hydroxylation is 4. The van der Waals surface area contributed by atoms with Crippen LogP contribution in [0.2, 0.25) is 0 Å². The lowest BCUT2D eigenvalue weighted by Gasteiger charge is -2.25. The smallest absolute Gasteiger partial charge is 0.127 e. The van der Waals surface area contributed by atoms with E-state index >= 15 is 0 Å². The van der Waals surface area contributed by atoms with Gasteiger partial charge in [0.1, 0.15) is 11.5 Å². The normalized spacial score (nSPS) is 18.8. The summed E-state index contributed by atoms with van der Waals surface area (Å²) in [6.45, 7) is 12.9. The highest BCUT2D eigenvalue weighted by Crippen LogP contribution is 2.28. The molecule has 3 rings (SSSR count). The number of aliphatic imine (C=N–C) groups is 2. The zero-order valence-corrected chi connectivity index (χ0v) is 23.2. The number of phenolic OH excluding ortho intramolecular Hbond substituents is 2. The summed E-state index contributed by atoms with van der Waals surface area (Å²) in [6, 6.07) is 8.51. The molecule has 1 saturated carbocycles. The van der Waals surface area contributed by atoms with E-state index in [0.29, 0.717) is 23.3 Å². The maximum atomic E-state index is 10.7. The number of hydrogen-bond acceptors (Lipinski definition) is 4. The molecule has 196 valence electrons. The van der Waals surface area contributed by atoms with Gasteiger partial charge in [0.2, 0.25) is 0 Å². The van der Waals surface area contributed by atoms with E-state index in [1.54, 1.807) is 0 Å². The van der Waals surface area contributed by atoms with Crippen molar-refractivity contribution >= 4 is 12.4 Å². The first-order valence-corrected chi connectivity index (χ1v) is 13.8. The first-order valence-electron chi connectivity index (χ1n) is 13.8. The molecule has 0 radical (unpaired) electrons. The van der Waals surface area contributed by atoms with Crippen molar-refractivity contribution in [2.45, 2.75) is 105 Å². The Morgan fingerprint density at radius 3 is 1.47 bits per heavy atom. The summed E-state index contributed by atoms with van der Waals surface area (Å²) >= 11 is 0. The van der Waals surface area contributed by atoms with Crippen LogP contribution >= 0.6 is 0 Å². The van der Waals surface area contributed by atoms with Crippen LogP contribution in [0.15, 0.2) is 34.3 Å². The van der Waals surface area contributed by atoms with Crippen LogP contribution in [0.3, 0.4) is 0 Å². The second-order valence-electron chi connectivity index (χ2n) is 11.5. The predicted octanol–water partition coefficient (Wildman–Crippen LogP) is 7.74. The first kappa shape index (κ1) is 28.0. The summed E-state index contributed by atoms with van der Waals surface area (Å²) in [5.41, 5.74) is 5.91. The minimum atomic E-state index is 0.0846. The van der Waals surface area contributed by atoms with Crippen LogP contribution < -0.4 is 0 Å². The third-order valence-electron chi connectivity index (χ3n) is 7.30. The van der Waals surface area contributed by atoms with Crippen LogP contribution in [0.25, 0.3) is 0 Å². The van der Waals surface area contributed by atoms with Crippen molar-refractivity contribution in [2.24, 2.45) is 21.8 Å². The molecule has 0 bridgehead atoms. The fraction of sp³-hybridized carbons (Fsp3) is 0.562. The second-order valence-corrected chi connectivity index (χ2v) is 11.5. The van der Waals surface area contributed by atoms with Gasteiger partial charge < -0.3 is 10.2 Å². The molecule has 1 fully saturated rings. The average Bonchev–Trinajstić information content (AvgIpc) is 2.84. The second kappa shape index (κ2) is 13.1. The van der Waals surface area contributed by atoms with Crippen LogP contribution in [-0.2, 0) is 12.8 Å². The highest BCUT2D eigenvalue weighted by Gasteiger charge is 2.23. The summed E-state index contributed by atoms with van der Waals surface area (Å²) in [5.74, 6) is 1.94. The largest absolute Gasteiger partial charge is 0.507 e. The van der Waals surface area contributed by atoms with Crippen molar-refractivity contribution < 1.29 is 10.2 Å². The molecule has 2 atom stereocenters. The standard InChI is InChI=1S/C32H46N2O2/c1-21(2)11-13-25-15-23(5)31(35)27(17-25)19-33-29-9-7-8-10-30(29)34-20-28-18-26(14-12-22(3)4)16-24(6)32(28)36/h15-22,29-30,35-36H,7-14H2,1-6H3. The van der Waals surface area contributed by atoms with Gasteiger partial charge in [0.15, 0.2) is 0 Å². The molecule has 1 aliphatic rings. The van der Waals surface area contributed by atoms with Gasteiger partial charge in [-0.05, 0) is 98.6 Å². The van der Waals surface area contributed by atoms with Gasteiger partial charge in [-0.25, -0.2) is 0 Å². The Hall–Kier alpha value is -2.62. The number of rotatable bonds is 10. The molecule has 0 heterocycles. The highest BCUT2D eigenvalue weighted by molar-refractivity contribution is 5.85. The van der Waals surface area contributed by atoms with Gasteiger partial charge in [-0.3, -0.25) is 9.98 Å². The van der Waals surface area contributed by atoms with E-state index in [2.05, 4.69) is 52.0 Å². The lowest BCUT2D eigenvalue weighted by Crippen LogP contribution is -2.27. The summed E-state index contributed by atoms with van der Waals surface area (Å²) in [7, 11) is 0. The number of hydrogen-bond donors (Lipinski definition) is 2. The Kier molecular flexibility index (Phi) is 10.2. The lowest BCUT2D eigenvalue weighted by molar-refractivity contribution is 0.390. The van der Waals surface area contributed by atoms with E-state index in [0.717, 1.165) is 73.6 Å². The molecule has 4 heteroatoms. The lowest BCUT2D eigenvalue weighted by atomic mass is 9.91.